The lowest BCUT2D eigenvalue weighted by atomic mass is 9.98. The Morgan fingerprint density at radius 1 is 0.917 bits per heavy atom. The molecule has 0 saturated carbocycles. The van der Waals surface area contributed by atoms with E-state index < -0.39 is 17.7 Å². The van der Waals surface area contributed by atoms with Crippen molar-refractivity contribution in [3.63, 3.8) is 0 Å². The highest BCUT2D eigenvalue weighted by atomic mass is 35.5. The molecule has 5 heteroatoms. The smallest absolute Gasteiger partial charge is 0.348 e. The van der Waals surface area contributed by atoms with Gasteiger partial charge in [-0.05, 0) is 34.9 Å². The van der Waals surface area contributed by atoms with Crippen molar-refractivity contribution in [2.75, 3.05) is 0 Å². The van der Waals surface area contributed by atoms with E-state index in [2.05, 4.69) is 0 Å². The summed E-state index contributed by atoms with van der Waals surface area (Å²) in [5, 5.41) is 0.635. The summed E-state index contributed by atoms with van der Waals surface area (Å²) in [6.45, 7) is 3.03. The molecule has 24 heavy (non-hydrogen) atoms. The van der Waals surface area contributed by atoms with E-state index in [1.165, 1.54) is 19.9 Å². The van der Waals surface area contributed by atoms with E-state index in [0.29, 0.717) is 10.6 Å². The van der Waals surface area contributed by atoms with Crippen LogP contribution in [0.1, 0.15) is 19.4 Å². The molecule has 0 bridgehead atoms. The van der Waals surface area contributed by atoms with Crippen molar-refractivity contribution < 1.29 is 19.1 Å². The molecule has 122 valence electrons. The van der Waals surface area contributed by atoms with Crippen molar-refractivity contribution in [2.45, 2.75) is 19.6 Å². The lowest BCUT2D eigenvalue weighted by Gasteiger charge is -2.29. The summed E-state index contributed by atoms with van der Waals surface area (Å²) in [5.41, 5.74) is 2.37. The number of hydrogen-bond donors (Lipinski definition) is 0. The number of benzene rings is 2. The van der Waals surface area contributed by atoms with Crippen LogP contribution < -0.4 is 0 Å². The minimum Gasteiger partial charge on any atom is -0.419 e. The van der Waals surface area contributed by atoms with Gasteiger partial charge in [-0.25, -0.2) is 9.59 Å². The molecule has 0 radical (unpaired) electrons. The van der Waals surface area contributed by atoms with Crippen LogP contribution in [-0.4, -0.2) is 17.7 Å². The average molecular weight is 343 g/mol. The predicted molar refractivity (Wildman–Crippen MR) is 91.1 cm³/mol. The Labute approximate surface area is 144 Å². The fourth-order valence-corrected chi connectivity index (χ4v) is 2.58. The van der Waals surface area contributed by atoms with Crippen molar-refractivity contribution in [3.8, 4) is 11.1 Å². The Bertz CT molecular complexity index is 813. The van der Waals surface area contributed by atoms with E-state index in [1.54, 1.807) is 12.1 Å². The lowest BCUT2D eigenvalue weighted by molar-refractivity contribution is -0.222. The number of halogens is 1. The minimum absolute atomic E-state index is 0.129. The summed E-state index contributed by atoms with van der Waals surface area (Å²) in [6, 6.07) is 14.7. The highest BCUT2D eigenvalue weighted by Crippen LogP contribution is 2.29. The summed E-state index contributed by atoms with van der Waals surface area (Å²) >= 11 is 5.93. The van der Waals surface area contributed by atoms with Crippen molar-refractivity contribution in [1.29, 1.82) is 0 Å². The van der Waals surface area contributed by atoms with E-state index >= 15 is 0 Å². The summed E-state index contributed by atoms with van der Waals surface area (Å²) < 4.78 is 10.2. The largest absolute Gasteiger partial charge is 0.419 e. The van der Waals surface area contributed by atoms with Crippen LogP contribution in [0.2, 0.25) is 5.02 Å². The van der Waals surface area contributed by atoms with Gasteiger partial charge in [-0.2, -0.15) is 0 Å². The maximum Gasteiger partial charge on any atom is 0.348 e. The fraction of sp³-hybridized carbons (Fsp3) is 0.158. The molecule has 0 atom stereocenters. The van der Waals surface area contributed by atoms with E-state index in [-0.39, 0.29) is 5.57 Å². The number of carbonyl (C=O) groups is 2. The first kappa shape index (κ1) is 16.3. The van der Waals surface area contributed by atoms with Gasteiger partial charge in [0.1, 0.15) is 5.57 Å². The molecule has 1 saturated heterocycles. The Morgan fingerprint density at radius 2 is 1.50 bits per heavy atom. The highest BCUT2D eigenvalue weighted by Gasteiger charge is 2.38. The van der Waals surface area contributed by atoms with Crippen LogP contribution in [0.15, 0.2) is 54.1 Å². The number of hydrogen-bond acceptors (Lipinski definition) is 4. The molecule has 0 aliphatic carbocycles. The number of rotatable bonds is 2. The van der Waals surface area contributed by atoms with Gasteiger partial charge < -0.3 is 9.47 Å². The van der Waals surface area contributed by atoms with E-state index in [4.69, 9.17) is 21.1 Å². The highest BCUT2D eigenvalue weighted by molar-refractivity contribution is 6.30. The molecule has 0 N–H and O–H groups in total. The normalized spacial score (nSPS) is 16.4. The Balaban J connectivity index is 2.03. The van der Waals surface area contributed by atoms with Gasteiger partial charge in [0, 0.05) is 18.9 Å². The van der Waals surface area contributed by atoms with Gasteiger partial charge in [0.2, 0.25) is 0 Å². The quantitative estimate of drug-likeness (QED) is 0.465. The molecule has 1 aliphatic rings. The zero-order valence-electron chi connectivity index (χ0n) is 13.2. The molecule has 1 heterocycles. The lowest BCUT2D eigenvalue weighted by Crippen LogP contribution is -2.41. The second-order valence-electron chi connectivity index (χ2n) is 5.83. The van der Waals surface area contributed by atoms with Crippen LogP contribution in [0.25, 0.3) is 17.2 Å². The molecular formula is C19H15ClO4. The molecule has 2 aromatic rings. The van der Waals surface area contributed by atoms with Crippen molar-refractivity contribution in [1.82, 2.24) is 0 Å². The second-order valence-corrected chi connectivity index (χ2v) is 6.27. The van der Waals surface area contributed by atoms with Gasteiger partial charge >= 0.3 is 11.9 Å². The first-order valence-corrected chi connectivity index (χ1v) is 7.77. The monoisotopic (exact) mass is 342 g/mol. The maximum absolute atomic E-state index is 12.1. The standard InChI is InChI=1S/C19H15ClO4/c1-19(2)23-17(21)16(18(22)24-19)11-13-5-3-4-6-15(13)12-7-9-14(20)10-8-12/h3-11H,1-2H3. The Morgan fingerprint density at radius 3 is 2.12 bits per heavy atom. The third-order valence-corrected chi connectivity index (χ3v) is 3.78. The van der Waals surface area contributed by atoms with Crippen molar-refractivity contribution >= 4 is 29.6 Å². The van der Waals surface area contributed by atoms with E-state index in [9.17, 15) is 9.59 Å². The molecule has 1 aliphatic heterocycles. The van der Waals surface area contributed by atoms with Crippen LogP contribution in [-0.2, 0) is 19.1 Å². The summed E-state index contributed by atoms with van der Waals surface area (Å²) in [7, 11) is 0. The molecular weight excluding hydrogens is 328 g/mol. The number of esters is 2. The fourth-order valence-electron chi connectivity index (χ4n) is 2.45. The van der Waals surface area contributed by atoms with Crippen LogP contribution >= 0.6 is 11.6 Å². The molecule has 0 amide bonds. The van der Waals surface area contributed by atoms with Crippen LogP contribution in [0, 0.1) is 0 Å². The van der Waals surface area contributed by atoms with Gasteiger partial charge in [-0.1, -0.05) is 48.0 Å². The average Bonchev–Trinajstić information content (AvgIpc) is 2.51. The second kappa shape index (κ2) is 6.13. The summed E-state index contributed by atoms with van der Waals surface area (Å²) in [4.78, 5) is 24.2. The van der Waals surface area contributed by atoms with Gasteiger partial charge in [0.25, 0.3) is 5.79 Å². The zero-order valence-corrected chi connectivity index (χ0v) is 14.0. The Kier molecular flexibility index (Phi) is 4.16. The zero-order chi connectivity index (χ0) is 17.3. The van der Waals surface area contributed by atoms with E-state index in [1.807, 2.05) is 36.4 Å². The van der Waals surface area contributed by atoms with Gasteiger partial charge in [0.15, 0.2) is 0 Å². The molecule has 1 fully saturated rings. The topological polar surface area (TPSA) is 52.6 Å². The molecule has 4 nitrogen and oxygen atoms in total. The van der Waals surface area contributed by atoms with E-state index in [0.717, 1.165) is 11.1 Å². The van der Waals surface area contributed by atoms with Crippen LogP contribution in [0.4, 0.5) is 0 Å². The van der Waals surface area contributed by atoms with Gasteiger partial charge in [-0.15, -0.1) is 0 Å². The van der Waals surface area contributed by atoms with Crippen molar-refractivity contribution in [3.05, 3.63) is 64.7 Å². The van der Waals surface area contributed by atoms with Crippen LogP contribution in [0.3, 0.4) is 0 Å². The summed E-state index contributed by atoms with van der Waals surface area (Å²) in [5.74, 6) is -2.63. The number of cyclic esters (lactones) is 2. The summed E-state index contributed by atoms with van der Waals surface area (Å²) in [6.07, 6.45) is 1.49. The molecule has 0 spiro atoms. The maximum atomic E-state index is 12.1. The predicted octanol–water partition coefficient (Wildman–Crippen LogP) is 4.23. The molecule has 0 aromatic heterocycles. The molecule has 0 unspecified atom stereocenters. The Hall–Kier alpha value is -2.59. The minimum atomic E-state index is -1.25. The molecule has 3 rings (SSSR count). The third kappa shape index (κ3) is 3.34. The molecule has 2 aromatic carbocycles. The van der Waals surface area contributed by atoms with Gasteiger partial charge in [0.05, 0.1) is 0 Å². The number of carbonyl (C=O) groups excluding carboxylic acids is 2. The van der Waals surface area contributed by atoms with Gasteiger partial charge in [-0.3, -0.25) is 0 Å². The number of ether oxygens (including phenoxy) is 2. The van der Waals surface area contributed by atoms with Crippen LogP contribution in [0.5, 0.6) is 0 Å². The first-order valence-electron chi connectivity index (χ1n) is 7.39. The SMILES string of the molecule is CC1(C)OC(=O)C(=Cc2ccccc2-c2ccc(Cl)cc2)C(=O)O1. The first-order chi connectivity index (χ1) is 11.4. The van der Waals surface area contributed by atoms with Crippen molar-refractivity contribution in [2.24, 2.45) is 0 Å². The third-order valence-electron chi connectivity index (χ3n) is 3.53.